The largest absolute Gasteiger partial charge is 0.465 e. The molecule has 6 heteroatoms. The molecule has 1 aromatic heterocycles. The van der Waals surface area contributed by atoms with Crippen molar-refractivity contribution in [3.63, 3.8) is 0 Å². The van der Waals surface area contributed by atoms with Gasteiger partial charge in [-0.2, -0.15) is 0 Å². The van der Waals surface area contributed by atoms with Gasteiger partial charge in [0, 0.05) is 16.1 Å². The molecule has 2 rings (SSSR count). The predicted molar refractivity (Wildman–Crippen MR) is 65.8 cm³/mol. The molecular weight excluding hydrogens is 312 g/mol. The first kappa shape index (κ1) is 12.3. The van der Waals surface area contributed by atoms with Gasteiger partial charge < -0.3 is 4.74 Å². The van der Waals surface area contributed by atoms with E-state index in [1.54, 1.807) is 0 Å². The van der Waals surface area contributed by atoms with Crippen molar-refractivity contribution < 1.29 is 13.9 Å². The molecule has 0 amide bonds. The zero-order valence-corrected chi connectivity index (χ0v) is 11.0. The van der Waals surface area contributed by atoms with E-state index < -0.39 is 11.8 Å². The normalized spacial score (nSPS) is 10.6. The minimum absolute atomic E-state index is 0.192. The standard InChI is InChI=1S/C11H6BrClFNO2/c1-17-11(16)7-4-15-10-6(9(7)12)2-5(14)3-8(10)13/h2-4H,1H3. The number of rotatable bonds is 1. The molecule has 0 spiro atoms. The monoisotopic (exact) mass is 317 g/mol. The minimum atomic E-state index is -0.549. The molecule has 0 fully saturated rings. The van der Waals surface area contributed by atoms with Gasteiger partial charge in [-0.3, -0.25) is 4.98 Å². The summed E-state index contributed by atoms with van der Waals surface area (Å²) < 4.78 is 18.2. The van der Waals surface area contributed by atoms with E-state index in [1.165, 1.54) is 25.4 Å². The van der Waals surface area contributed by atoms with Gasteiger partial charge in [0.1, 0.15) is 5.82 Å². The summed E-state index contributed by atoms with van der Waals surface area (Å²) in [6.07, 6.45) is 1.34. The lowest BCUT2D eigenvalue weighted by atomic mass is 10.1. The average Bonchev–Trinajstić information content (AvgIpc) is 2.29. The first-order chi connectivity index (χ1) is 8.04. The van der Waals surface area contributed by atoms with Crippen LogP contribution in [0.15, 0.2) is 22.8 Å². The van der Waals surface area contributed by atoms with Gasteiger partial charge in [0.25, 0.3) is 0 Å². The lowest BCUT2D eigenvalue weighted by molar-refractivity contribution is 0.0599. The molecule has 3 nitrogen and oxygen atoms in total. The number of halogens is 3. The zero-order valence-electron chi connectivity index (χ0n) is 8.63. The lowest BCUT2D eigenvalue weighted by Crippen LogP contribution is -2.03. The average molecular weight is 319 g/mol. The van der Waals surface area contributed by atoms with Gasteiger partial charge in [0.15, 0.2) is 0 Å². The molecule has 0 unspecified atom stereocenters. The highest BCUT2D eigenvalue weighted by molar-refractivity contribution is 9.10. The van der Waals surface area contributed by atoms with E-state index in [0.717, 1.165) is 0 Å². The Morgan fingerprint density at radius 3 is 2.88 bits per heavy atom. The van der Waals surface area contributed by atoms with Crippen LogP contribution < -0.4 is 0 Å². The van der Waals surface area contributed by atoms with Crippen LogP contribution in [0.5, 0.6) is 0 Å². The number of fused-ring (bicyclic) bond motifs is 1. The molecule has 0 aliphatic rings. The van der Waals surface area contributed by atoms with Crippen molar-refractivity contribution in [3.8, 4) is 0 Å². The summed E-state index contributed by atoms with van der Waals surface area (Å²) in [5, 5.41) is 0.620. The van der Waals surface area contributed by atoms with E-state index in [-0.39, 0.29) is 10.6 Å². The molecule has 88 valence electrons. The van der Waals surface area contributed by atoms with Crippen LogP contribution in [0.1, 0.15) is 10.4 Å². The number of carbonyl (C=O) groups is 1. The highest BCUT2D eigenvalue weighted by Crippen LogP contribution is 2.31. The highest BCUT2D eigenvalue weighted by Gasteiger charge is 2.16. The molecule has 17 heavy (non-hydrogen) atoms. The molecule has 0 aliphatic carbocycles. The molecule has 0 bridgehead atoms. The Kier molecular flexibility index (Phi) is 3.31. The van der Waals surface area contributed by atoms with E-state index in [9.17, 15) is 9.18 Å². The van der Waals surface area contributed by atoms with Crippen molar-refractivity contribution in [3.05, 3.63) is 39.2 Å². The number of aromatic nitrogens is 1. The number of esters is 1. The molecule has 0 radical (unpaired) electrons. The molecule has 1 heterocycles. The van der Waals surface area contributed by atoms with Crippen LogP contribution in [-0.2, 0) is 4.74 Å². The number of hydrogen-bond donors (Lipinski definition) is 0. The minimum Gasteiger partial charge on any atom is -0.465 e. The summed E-state index contributed by atoms with van der Waals surface area (Å²) in [7, 11) is 1.26. The fourth-order valence-electron chi connectivity index (χ4n) is 1.45. The highest BCUT2D eigenvalue weighted by atomic mass is 79.9. The number of nitrogens with zero attached hydrogens (tertiary/aromatic N) is 1. The van der Waals surface area contributed by atoms with E-state index in [0.29, 0.717) is 15.4 Å². The van der Waals surface area contributed by atoms with Gasteiger partial charge in [-0.15, -0.1) is 0 Å². The summed E-state index contributed by atoms with van der Waals surface area (Å²) in [5.41, 5.74) is 0.647. The maximum atomic E-state index is 13.2. The van der Waals surface area contributed by atoms with E-state index in [1.807, 2.05) is 0 Å². The smallest absolute Gasteiger partial charge is 0.340 e. The van der Waals surface area contributed by atoms with Crippen molar-refractivity contribution in [2.75, 3.05) is 7.11 Å². The summed E-state index contributed by atoms with van der Waals surface area (Å²) in [4.78, 5) is 15.5. The SMILES string of the molecule is COC(=O)c1cnc2c(Cl)cc(F)cc2c1Br. The number of pyridine rings is 1. The Hall–Kier alpha value is -1.20. The van der Waals surface area contributed by atoms with Crippen LogP contribution >= 0.6 is 27.5 Å². The first-order valence-electron chi connectivity index (χ1n) is 4.56. The fourth-order valence-corrected chi connectivity index (χ4v) is 2.27. The third kappa shape index (κ3) is 2.12. The van der Waals surface area contributed by atoms with Crippen LogP contribution in [0.25, 0.3) is 10.9 Å². The lowest BCUT2D eigenvalue weighted by Gasteiger charge is -2.06. The van der Waals surface area contributed by atoms with Crippen molar-refractivity contribution >= 4 is 44.4 Å². The molecular formula is C11H6BrClFNO2. The zero-order chi connectivity index (χ0) is 12.6. The van der Waals surface area contributed by atoms with Gasteiger partial charge in [-0.05, 0) is 28.1 Å². The van der Waals surface area contributed by atoms with Crippen molar-refractivity contribution in [2.24, 2.45) is 0 Å². The number of ether oxygens (including phenoxy) is 1. The van der Waals surface area contributed by atoms with Crippen LogP contribution in [-0.4, -0.2) is 18.1 Å². The second-order valence-corrected chi connectivity index (χ2v) is 4.46. The molecule has 1 aromatic carbocycles. The van der Waals surface area contributed by atoms with E-state index >= 15 is 0 Å². The summed E-state index contributed by atoms with van der Waals surface area (Å²) >= 11 is 9.09. The Labute approximate surface area is 110 Å². The van der Waals surface area contributed by atoms with Crippen molar-refractivity contribution in [1.82, 2.24) is 4.98 Å². The molecule has 0 saturated carbocycles. The van der Waals surface area contributed by atoms with E-state index in [2.05, 4.69) is 25.7 Å². The molecule has 0 N–H and O–H groups in total. The fraction of sp³-hybridized carbons (Fsp3) is 0.0909. The Balaban J connectivity index is 2.79. The predicted octanol–water partition coefficient (Wildman–Crippen LogP) is 3.58. The molecule has 0 atom stereocenters. The Morgan fingerprint density at radius 2 is 2.24 bits per heavy atom. The summed E-state index contributed by atoms with van der Waals surface area (Å²) in [6.45, 7) is 0. The topological polar surface area (TPSA) is 39.2 Å². The molecule has 0 aliphatic heterocycles. The van der Waals surface area contributed by atoms with Gasteiger partial charge >= 0.3 is 5.97 Å². The second-order valence-electron chi connectivity index (χ2n) is 3.26. The van der Waals surface area contributed by atoms with Crippen LogP contribution in [0.3, 0.4) is 0 Å². The number of methoxy groups -OCH3 is 1. The number of benzene rings is 1. The first-order valence-corrected chi connectivity index (χ1v) is 5.73. The number of carbonyl (C=O) groups excluding carboxylic acids is 1. The second kappa shape index (κ2) is 4.58. The van der Waals surface area contributed by atoms with E-state index in [4.69, 9.17) is 11.6 Å². The number of hydrogen-bond acceptors (Lipinski definition) is 3. The molecule has 0 saturated heterocycles. The maximum absolute atomic E-state index is 13.2. The van der Waals surface area contributed by atoms with Crippen LogP contribution in [0.2, 0.25) is 5.02 Å². The quantitative estimate of drug-likeness (QED) is 0.755. The maximum Gasteiger partial charge on any atom is 0.340 e. The van der Waals surface area contributed by atoms with Crippen molar-refractivity contribution in [1.29, 1.82) is 0 Å². The third-order valence-corrected chi connectivity index (χ3v) is 3.37. The summed E-state index contributed by atoms with van der Waals surface area (Å²) in [5.74, 6) is -1.04. The van der Waals surface area contributed by atoms with Gasteiger partial charge in [-0.25, -0.2) is 9.18 Å². The Morgan fingerprint density at radius 1 is 1.53 bits per heavy atom. The third-order valence-electron chi connectivity index (χ3n) is 2.23. The van der Waals surface area contributed by atoms with Gasteiger partial charge in [0.05, 0.1) is 23.2 Å². The Bertz CT molecular complexity index is 618. The van der Waals surface area contributed by atoms with Crippen molar-refractivity contribution in [2.45, 2.75) is 0 Å². The molecule has 2 aromatic rings. The van der Waals surface area contributed by atoms with Gasteiger partial charge in [-0.1, -0.05) is 11.6 Å². The van der Waals surface area contributed by atoms with Crippen LogP contribution in [0, 0.1) is 5.82 Å². The summed E-state index contributed by atoms with van der Waals surface area (Å²) in [6, 6.07) is 2.42. The van der Waals surface area contributed by atoms with Gasteiger partial charge in [0.2, 0.25) is 0 Å². The van der Waals surface area contributed by atoms with Crippen LogP contribution in [0.4, 0.5) is 4.39 Å².